The van der Waals surface area contributed by atoms with E-state index in [1.54, 1.807) is 0 Å². The zero-order valence-corrected chi connectivity index (χ0v) is 18.2. The van der Waals surface area contributed by atoms with Crippen LogP contribution in [-0.2, 0) is 0 Å². The van der Waals surface area contributed by atoms with Crippen LogP contribution in [0.4, 0.5) is 17.1 Å². The Balaban J connectivity index is 1.44. The minimum atomic E-state index is 0.751. The average molecular weight is 432 g/mol. The number of hydrogen-bond donors (Lipinski definition) is 0. The molecule has 0 bridgehead atoms. The van der Waals surface area contributed by atoms with Crippen molar-refractivity contribution in [3.05, 3.63) is 126 Å². The van der Waals surface area contributed by atoms with Gasteiger partial charge in [0.2, 0.25) is 0 Å². The van der Waals surface area contributed by atoms with Crippen LogP contribution in [0.5, 0.6) is 0 Å². The first-order valence-corrected chi connectivity index (χ1v) is 11.3. The maximum atomic E-state index is 11.0. The Labute approximate surface area is 192 Å². The molecule has 4 aromatic carbocycles. The lowest BCUT2D eigenvalue weighted by molar-refractivity contribution is 0.112. The predicted molar refractivity (Wildman–Crippen MR) is 135 cm³/mol. The molecule has 154 valence electrons. The van der Waals surface area contributed by atoms with Gasteiger partial charge in [-0.15, -0.1) is 11.3 Å². The molecule has 0 saturated heterocycles. The lowest BCUT2D eigenvalue weighted by Crippen LogP contribution is -2.09. The number of thiophene rings is 1. The van der Waals surface area contributed by atoms with Crippen LogP contribution in [0.1, 0.15) is 9.67 Å². The number of hydrogen-bond acceptors (Lipinski definition) is 3. The van der Waals surface area contributed by atoms with Crippen molar-refractivity contribution in [2.24, 2.45) is 0 Å². The Morgan fingerprint density at radius 3 is 1.47 bits per heavy atom. The molecule has 0 unspecified atom stereocenters. The molecule has 0 radical (unpaired) electrons. The first kappa shape index (κ1) is 20.0. The van der Waals surface area contributed by atoms with Crippen molar-refractivity contribution in [3.8, 4) is 21.6 Å². The van der Waals surface area contributed by atoms with Crippen LogP contribution < -0.4 is 4.90 Å². The molecular weight excluding hydrogens is 410 g/mol. The Kier molecular flexibility index (Phi) is 5.65. The summed E-state index contributed by atoms with van der Waals surface area (Å²) in [5, 5.41) is 0. The standard InChI is InChI=1S/C29H21NOS/c31-21-28-19-20-29(32-28)24-13-11-22(12-14-24)23-15-17-27(18-16-23)30(25-7-3-1-4-8-25)26-9-5-2-6-10-26/h1-21H. The molecule has 0 amide bonds. The zero-order valence-electron chi connectivity index (χ0n) is 17.4. The highest BCUT2D eigenvalue weighted by Gasteiger charge is 2.12. The van der Waals surface area contributed by atoms with Crippen molar-refractivity contribution in [1.29, 1.82) is 0 Å². The highest BCUT2D eigenvalue weighted by molar-refractivity contribution is 7.17. The third-order valence-electron chi connectivity index (χ3n) is 5.40. The van der Waals surface area contributed by atoms with Crippen LogP contribution in [0.2, 0.25) is 0 Å². The molecule has 0 atom stereocenters. The monoisotopic (exact) mass is 431 g/mol. The van der Waals surface area contributed by atoms with Gasteiger partial charge >= 0.3 is 0 Å². The molecule has 2 nitrogen and oxygen atoms in total. The van der Waals surface area contributed by atoms with Crippen LogP contribution in [0.25, 0.3) is 21.6 Å². The van der Waals surface area contributed by atoms with E-state index in [-0.39, 0.29) is 0 Å². The van der Waals surface area contributed by atoms with Crippen molar-refractivity contribution in [2.45, 2.75) is 0 Å². The largest absolute Gasteiger partial charge is 0.311 e. The van der Waals surface area contributed by atoms with Gasteiger partial charge in [-0.2, -0.15) is 0 Å². The third-order valence-corrected chi connectivity index (χ3v) is 6.46. The number of aldehydes is 1. The molecule has 3 heteroatoms. The van der Waals surface area contributed by atoms with Gasteiger partial charge in [0.05, 0.1) is 4.88 Å². The Morgan fingerprint density at radius 1 is 0.500 bits per heavy atom. The van der Waals surface area contributed by atoms with Crippen LogP contribution >= 0.6 is 11.3 Å². The van der Waals surface area contributed by atoms with E-state index in [9.17, 15) is 4.79 Å². The molecule has 0 spiro atoms. The summed E-state index contributed by atoms with van der Waals surface area (Å²) >= 11 is 1.52. The second-order valence-electron chi connectivity index (χ2n) is 7.45. The molecule has 0 aliphatic rings. The summed E-state index contributed by atoms with van der Waals surface area (Å²) in [4.78, 5) is 15.1. The van der Waals surface area contributed by atoms with E-state index < -0.39 is 0 Å². The van der Waals surface area contributed by atoms with E-state index in [2.05, 4.69) is 102 Å². The predicted octanol–water partition coefficient (Wildman–Crippen LogP) is 8.36. The second kappa shape index (κ2) is 9.04. The summed E-state index contributed by atoms with van der Waals surface area (Å²) in [6.45, 7) is 0. The van der Waals surface area contributed by atoms with Crippen LogP contribution in [0.15, 0.2) is 121 Å². The first-order chi connectivity index (χ1) is 15.8. The minimum absolute atomic E-state index is 0.751. The number of carbonyl (C=O) groups is 1. The van der Waals surface area contributed by atoms with Crippen molar-refractivity contribution < 1.29 is 4.79 Å². The van der Waals surface area contributed by atoms with Crippen molar-refractivity contribution in [1.82, 2.24) is 0 Å². The molecule has 0 aliphatic heterocycles. The van der Waals surface area contributed by atoms with Crippen molar-refractivity contribution in [2.75, 3.05) is 4.90 Å². The Morgan fingerprint density at radius 2 is 0.969 bits per heavy atom. The highest BCUT2D eigenvalue weighted by atomic mass is 32.1. The van der Waals surface area contributed by atoms with Gasteiger partial charge in [-0.05, 0) is 65.2 Å². The number of anilines is 3. The van der Waals surface area contributed by atoms with E-state index in [0.29, 0.717) is 0 Å². The fraction of sp³-hybridized carbons (Fsp3) is 0. The van der Waals surface area contributed by atoms with E-state index >= 15 is 0 Å². The fourth-order valence-corrected chi connectivity index (χ4v) is 4.63. The van der Waals surface area contributed by atoms with Gasteiger partial charge in [0.1, 0.15) is 0 Å². The molecule has 0 aliphatic carbocycles. The summed E-state index contributed by atoms with van der Waals surface area (Å²) in [6.07, 6.45) is 0.901. The van der Waals surface area contributed by atoms with Crippen LogP contribution in [-0.4, -0.2) is 6.29 Å². The summed E-state index contributed by atoms with van der Waals surface area (Å²) in [5.41, 5.74) is 6.83. The van der Waals surface area contributed by atoms with E-state index in [0.717, 1.165) is 38.7 Å². The van der Waals surface area contributed by atoms with E-state index in [4.69, 9.17) is 0 Å². The maximum Gasteiger partial charge on any atom is 0.160 e. The SMILES string of the molecule is O=Cc1ccc(-c2ccc(-c3ccc(N(c4ccccc4)c4ccccc4)cc3)cc2)s1. The van der Waals surface area contributed by atoms with Crippen molar-refractivity contribution >= 4 is 34.7 Å². The molecule has 0 fully saturated rings. The zero-order chi connectivity index (χ0) is 21.8. The van der Waals surface area contributed by atoms with Crippen molar-refractivity contribution in [3.63, 3.8) is 0 Å². The average Bonchev–Trinajstić information content (AvgIpc) is 3.36. The summed E-state index contributed by atoms with van der Waals surface area (Å²) in [5.74, 6) is 0. The van der Waals surface area contributed by atoms with Gasteiger partial charge in [0.25, 0.3) is 0 Å². The topological polar surface area (TPSA) is 20.3 Å². The molecule has 5 rings (SSSR count). The molecule has 5 aromatic rings. The summed E-state index contributed by atoms with van der Waals surface area (Å²) < 4.78 is 0. The smallest absolute Gasteiger partial charge is 0.160 e. The second-order valence-corrected chi connectivity index (χ2v) is 8.57. The number of rotatable bonds is 6. The Bertz CT molecular complexity index is 1270. The molecule has 1 aromatic heterocycles. The van der Waals surface area contributed by atoms with Gasteiger partial charge in [-0.25, -0.2) is 0 Å². The minimum Gasteiger partial charge on any atom is -0.311 e. The first-order valence-electron chi connectivity index (χ1n) is 10.5. The van der Waals surface area contributed by atoms with Gasteiger partial charge in [0.15, 0.2) is 6.29 Å². The highest BCUT2D eigenvalue weighted by Crippen LogP contribution is 2.35. The van der Waals surface area contributed by atoms with Gasteiger partial charge in [-0.1, -0.05) is 72.8 Å². The normalized spacial score (nSPS) is 10.6. The molecule has 32 heavy (non-hydrogen) atoms. The molecule has 0 saturated carbocycles. The van der Waals surface area contributed by atoms with E-state index in [1.807, 2.05) is 24.3 Å². The number of carbonyl (C=O) groups excluding carboxylic acids is 1. The van der Waals surface area contributed by atoms with E-state index in [1.165, 1.54) is 22.5 Å². The van der Waals surface area contributed by atoms with Crippen LogP contribution in [0, 0.1) is 0 Å². The molecule has 1 heterocycles. The van der Waals surface area contributed by atoms with Gasteiger partial charge in [-0.3, -0.25) is 4.79 Å². The van der Waals surface area contributed by atoms with Crippen LogP contribution in [0.3, 0.4) is 0 Å². The van der Waals surface area contributed by atoms with Gasteiger partial charge in [0, 0.05) is 21.9 Å². The number of benzene rings is 4. The van der Waals surface area contributed by atoms with Gasteiger partial charge < -0.3 is 4.90 Å². The summed E-state index contributed by atoms with van der Waals surface area (Å²) in [6, 6.07) is 41.9. The number of para-hydroxylation sites is 2. The fourth-order valence-electron chi connectivity index (χ4n) is 3.80. The summed E-state index contributed by atoms with van der Waals surface area (Å²) in [7, 11) is 0. The third kappa shape index (κ3) is 4.11. The quantitative estimate of drug-likeness (QED) is 0.252. The molecular formula is C29H21NOS. The lowest BCUT2D eigenvalue weighted by atomic mass is 10.0. The lowest BCUT2D eigenvalue weighted by Gasteiger charge is -2.25. The maximum absolute atomic E-state index is 11.0. The molecule has 0 N–H and O–H groups in total. The Hall–Kier alpha value is -3.95. The number of nitrogens with zero attached hydrogens (tertiary/aromatic N) is 1.